The van der Waals surface area contributed by atoms with E-state index in [-0.39, 0.29) is 6.04 Å². The van der Waals surface area contributed by atoms with Gasteiger partial charge in [-0.3, -0.25) is 15.3 Å². The number of hydrogen-bond acceptors (Lipinski definition) is 11. The molecule has 0 saturated heterocycles. The molecule has 0 amide bonds. The third-order valence-electron chi connectivity index (χ3n) is 13.9. The maximum absolute atomic E-state index is 12.7. The molecule has 6 heterocycles. The predicted molar refractivity (Wildman–Crippen MR) is 310 cm³/mol. The number of aromatic nitrogens is 12. The van der Waals surface area contributed by atoms with Crippen molar-refractivity contribution in [3.05, 3.63) is 118 Å². The molecule has 0 aliphatic rings. The van der Waals surface area contributed by atoms with Gasteiger partial charge in [0.1, 0.15) is 17.3 Å². The summed E-state index contributed by atoms with van der Waals surface area (Å²) in [4.78, 5) is 0. The van der Waals surface area contributed by atoms with E-state index in [9.17, 15) is 4.21 Å². The number of unbranched alkanes of at least 4 members (excludes halogenated alkanes) is 14. The lowest BCUT2D eigenvalue weighted by atomic mass is 10.1. The minimum atomic E-state index is -1.78. The monoisotopic (exact) mass is 1090 g/mol. The molecule has 6 aromatic heterocycles. The number of ether oxygens (including phenoxy) is 3. The first kappa shape index (κ1) is 58.7. The van der Waals surface area contributed by atoms with Crippen LogP contribution in [0.1, 0.15) is 175 Å². The lowest BCUT2D eigenvalue weighted by Crippen LogP contribution is -2.26. The lowest BCUT2D eigenvalue weighted by Gasteiger charge is -2.15. The van der Waals surface area contributed by atoms with Gasteiger partial charge in [0.2, 0.25) is 5.88 Å². The summed E-state index contributed by atoms with van der Waals surface area (Å²) in [6.07, 6.45) is 20.5. The highest BCUT2D eigenvalue weighted by molar-refractivity contribution is 7.78. The Bertz CT molecular complexity index is 3260. The first-order chi connectivity index (χ1) is 37.9. The van der Waals surface area contributed by atoms with E-state index in [2.05, 4.69) is 84.4 Å². The Morgan fingerprint density at radius 3 is 1.72 bits per heavy atom. The van der Waals surface area contributed by atoms with E-state index in [1.807, 2.05) is 117 Å². The molecule has 3 aromatic carbocycles. The third kappa shape index (κ3) is 15.8. The van der Waals surface area contributed by atoms with Gasteiger partial charge in [-0.25, -0.2) is 13.5 Å². The molecule has 0 fully saturated rings. The van der Waals surface area contributed by atoms with E-state index in [1.165, 1.54) is 83.5 Å². The van der Waals surface area contributed by atoms with Crippen molar-refractivity contribution in [2.45, 2.75) is 178 Å². The van der Waals surface area contributed by atoms with Crippen LogP contribution in [0.3, 0.4) is 0 Å². The van der Waals surface area contributed by atoms with Crippen molar-refractivity contribution in [1.29, 1.82) is 0 Å². The number of hydrogen-bond donors (Lipinski definition) is 4. The van der Waals surface area contributed by atoms with Crippen molar-refractivity contribution >= 4 is 28.2 Å². The second kappa shape index (κ2) is 29.7. The summed E-state index contributed by atoms with van der Waals surface area (Å²) in [6, 6.07) is 23.1. The van der Waals surface area contributed by atoms with Crippen LogP contribution in [0.25, 0.3) is 28.3 Å². The third-order valence-corrected chi connectivity index (χ3v) is 14.8. The number of aromatic amines is 3. The van der Waals surface area contributed by atoms with Crippen LogP contribution in [0.2, 0.25) is 0 Å². The average Bonchev–Trinajstić information content (AvgIpc) is 4.39. The first-order valence-electron chi connectivity index (χ1n) is 28.1. The van der Waals surface area contributed by atoms with Gasteiger partial charge in [-0.05, 0) is 110 Å². The fraction of sp³-hybridized carbons (Fsp3) is 0.492. The van der Waals surface area contributed by atoms with Gasteiger partial charge in [0, 0.05) is 22.5 Å². The zero-order chi connectivity index (χ0) is 55.4. The minimum Gasteiger partial charge on any atom is -0.493 e. The Labute approximate surface area is 462 Å². The molecule has 4 N–H and O–H groups in total. The molecule has 0 spiro atoms. The van der Waals surface area contributed by atoms with E-state index in [4.69, 9.17) is 18.4 Å². The summed E-state index contributed by atoms with van der Waals surface area (Å²) >= 11 is -1.78. The van der Waals surface area contributed by atoms with Crippen LogP contribution in [0.4, 0.5) is 0 Å². The van der Waals surface area contributed by atoms with Crippen LogP contribution >= 0.6 is 0 Å². The Kier molecular flexibility index (Phi) is 22.3. The number of fused-ring (bicyclic) bond motifs is 3. The molecule has 0 bridgehead atoms. The topological polar surface area (TPSA) is 204 Å². The van der Waals surface area contributed by atoms with Crippen molar-refractivity contribution in [1.82, 2.24) is 64.2 Å². The normalized spacial score (nSPS) is 12.1. The maximum atomic E-state index is 12.7. The van der Waals surface area contributed by atoms with E-state index in [0.717, 1.165) is 105 Å². The van der Waals surface area contributed by atoms with E-state index < -0.39 is 11.3 Å². The molecule has 19 heteroatoms. The summed E-state index contributed by atoms with van der Waals surface area (Å²) < 4.78 is 44.8. The molecule has 18 nitrogen and oxygen atoms in total. The number of rotatable bonds is 28. The quantitative estimate of drug-likeness (QED) is 0.0340. The van der Waals surface area contributed by atoms with Gasteiger partial charge in [0.15, 0.2) is 40.1 Å². The zero-order valence-electron chi connectivity index (χ0n) is 47.7. The molecule has 2 unspecified atom stereocenters. The van der Waals surface area contributed by atoms with Crippen molar-refractivity contribution in [3.8, 4) is 40.3 Å². The van der Waals surface area contributed by atoms with Gasteiger partial charge in [-0.2, -0.15) is 8.93 Å². The average molecular weight is 1090 g/mol. The minimum absolute atomic E-state index is 0.347. The summed E-state index contributed by atoms with van der Waals surface area (Å²) in [5.74, 6) is 5.69. The molecule has 78 heavy (non-hydrogen) atoms. The molecule has 0 aliphatic carbocycles. The van der Waals surface area contributed by atoms with E-state index in [1.54, 1.807) is 4.52 Å². The number of H-pyrrole nitrogens is 3. The first-order valence-corrected chi connectivity index (χ1v) is 29.2. The molecule has 0 saturated carbocycles. The number of nitrogens with one attached hydrogen (secondary N) is 4. The van der Waals surface area contributed by atoms with Crippen LogP contribution in [-0.2, 0) is 11.3 Å². The van der Waals surface area contributed by atoms with Crippen molar-refractivity contribution in [3.63, 3.8) is 0 Å². The van der Waals surface area contributed by atoms with Gasteiger partial charge in [0.05, 0.1) is 30.4 Å². The highest BCUT2D eigenvalue weighted by Crippen LogP contribution is 2.32. The second-order valence-electron chi connectivity index (χ2n) is 20.3. The summed E-state index contributed by atoms with van der Waals surface area (Å²) in [5, 5.41) is 35.0. The smallest absolute Gasteiger partial charge is 0.288 e. The van der Waals surface area contributed by atoms with Crippen LogP contribution in [0.5, 0.6) is 28.9 Å². The Hall–Kier alpha value is -6.99. The van der Waals surface area contributed by atoms with Crippen LogP contribution in [0, 0.1) is 48.5 Å². The molecule has 2 atom stereocenters. The summed E-state index contributed by atoms with van der Waals surface area (Å²) in [5.41, 5.74) is 9.69. The molecule has 0 radical (unpaired) electrons. The van der Waals surface area contributed by atoms with Gasteiger partial charge in [-0.1, -0.05) is 140 Å². The molecule has 9 rings (SSSR count). The number of aryl methyl sites for hydroxylation is 7. The van der Waals surface area contributed by atoms with E-state index in [0.29, 0.717) is 29.8 Å². The fourth-order valence-electron chi connectivity index (χ4n) is 9.02. The fourth-order valence-corrected chi connectivity index (χ4v) is 9.76. The Balaban J connectivity index is 0.000000177. The van der Waals surface area contributed by atoms with Gasteiger partial charge in [-0.15, -0.1) is 30.6 Å². The number of para-hydroxylation sites is 2. The van der Waals surface area contributed by atoms with E-state index >= 15 is 0 Å². The Morgan fingerprint density at radius 1 is 0.538 bits per heavy atom. The van der Waals surface area contributed by atoms with Gasteiger partial charge in [0.25, 0.3) is 11.3 Å². The van der Waals surface area contributed by atoms with Crippen LogP contribution in [-0.4, -0.2) is 76.9 Å². The molecular formula is C59H83N13O5S. The van der Waals surface area contributed by atoms with Crippen LogP contribution in [0.15, 0.2) is 72.8 Å². The predicted octanol–water partition coefficient (Wildman–Crippen LogP) is 14.1. The van der Waals surface area contributed by atoms with Crippen molar-refractivity contribution in [2.24, 2.45) is 0 Å². The largest absolute Gasteiger partial charge is 0.493 e. The second-order valence-corrected chi connectivity index (χ2v) is 21.1. The van der Waals surface area contributed by atoms with Crippen molar-refractivity contribution < 1.29 is 22.6 Å². The SMILES string of the molecule is CCCCCCCCCCCCOc1ccccc1-c1nnc2c(C)c(C)[nH]n12.CCCCCCCCOc1ccc(C)cc1OS(=O)NC(C)c1nnc2c(C)c(C)[nH]n12.Cc1c(Oc2ccccc2)[nH]n2c(C)nnc12. The van der Waals surface area contributed by atoms with Gasteiger partial charge >= 0.3 is 0 Å². The standard InChI is InChI=1S/C24H36N4O.C23H35N5O3S.C12H12N4O/c1-4-5-6-7-8-9-10-11-12-15-18-29-22-17-14-13-16-21(22)24-26-25-23-19(2)20(3)27-28(23)24;1-6-7-8-9-10-11-14-30-20-13-12-16(2)15-21(20)31-32(29)27-19(5)23-25-24-22-17(3)18(4)26-28(22)23;1-8-11-14-13-9(2)16(11)15-12(8)17-10-6-4-3-5-7-10/h13-14,16-17,27H,4-12,15,18H2,1-3H3;12-13,15,19,26-27H,6-11,14H2,1-5H3;3-7,15H,1-2H3. The number of nitrogens with zero attached hydrogens (tertiary/aromatic N) is 9. The molecule has 420 valence electrons. The lowest BCUT2D eigenvalue weighted by molar-refractivity contribution is 0.296. The van der Waals surface area contributed by atoms with Crippen molar-refractivity contribution in [2.75, 3.05) is 13.2 Å². The summed E-state index contributed by atoms with van der Waals surface area (Å²) in [6.45, 7) is 21.6. The Morgan fingerprint density at radius 2 is 1.08 bits per heavy atom. The molecule has 9 aromatic rings. The number of benzene rings is 3. The van der Waals surface area contributed by atoms with Crippen LogP contribution < -0.4 is 23.1 Å². The molecular weight excluding hydrogens is 1000 g/mol. The molecule has 0 aliphatic heterocycles. The summed E-state index contributed by atoms with van der Waals surface area (Å²) in [7, 11) is 0. The van der Waals surface area contributed by atoms with Gasteiger partial charge < -0.3 is 18.4 Å². The zero-order valence-corrected chi connectivity index (χ0v) is 48.5. The maximum Gasteiger partial charge on any atom is 0.288 e. The highest BCUT2D eigenvalue weighted by Gasteiger charge is 2.21. The highest BCUT2D eigenvalue weighted by atomic mass is 32.2.